The average molecular weight is 271 g/mol. The van der Waals surface area contributed by atoms with Gasteiger partial charge in [0.1, 0.15) is 5.82 Å². The molecule has 0 radical (unpaired) electrons. The fourth-order valence-electron chi connectivity index (χ4n) is 2.85. The molecule has 2 aromatic rings. The number of hydrogen-bond donors (Lipinski definition) is 1. The van der Waals surface area contributed by atoms with Crippen molar-refractivity contribution in [3.63, 3.8) is 0 Å². The third-order valence-corrected chi connectivity index (χ3v) is 3.93. The second-order valence-electron chi connectivity index (χ2n) is 5.59. The first kappa shape index (κ1) is 12.8. The predicted molar refractivity (Wildman–Crippen MR) is 78.8 cm³/mol. The summed E-state index contributed by atoms with van der Waals surface area (Å²) in [5.41, 5.74) is 0.885. The number of pyridine rings is 1. The summed E-state index contributed by atoms with van der Waals surface area (Å²) in [6, 6.07) is 9.04. The summed E-state index contributed by atoms with van der Waals surface area (Å²) < 4.78 is 0. The van der Waals surface area contributed by atoms with E-state index in [0.717, 1.165) is 22.6 Å². The minimum Gasteiger partial charge on any atom is -0.367 e. The highest BCUT2D eigenvalue weighted by molar-refractivity contribution is 5.82. The molecule has 1 heterocycles. The Kier molecular flexibility index (Phi) is 3.26. The van der Waals surface area contributed by atoms with E-state index in [1.165, 1.54) is 25.3 Å². The standard InChI is InChI=1S/C15H17N3O2/c1-10-2-4-12(8-10)16-15-7-3-11-9-13(18(19)20)5-6-14(11)17-15/h3,5-7,9-10,12H,2,4,8H2,1H3,(H,16,17). The fraction of sp³-hybridized carbons (Fsp3) is 0.400. The molecule has 3 rings (SSSR count). The third kappa shape index (κ3) is 2.57. The van der Waals surface area contributed by atoms with E-state index in [-0.39, 0.29) is 10.6 Å². The van der Waals surface area contributed by atoms with Crippen molar-refractivity contribution in [1.82, 2.24) is 4.98 Å². The highest BCUT2D eigenvalue weighted by Gasteiger charge is 2.21. The molecule has 20 heavy (non-hydrogen) atoms. The van der Waals surface area contributed by atoms with Crippen LogP contribution in [0, 0.1) is 16.0 Å². The number of aromatic nitrogens is 1. The number of hydrogen-bond acceptors (Lipinski definition) is 4. The Morgan fingerprint density at radius 2 is 2.15 bits per heavy atom. The molecule has 0 spiro atoms. The van der Waals surface area contributed by atoms with Crippen molar-refractivity contribution < 1.29 is 4.92 Å². The lowest BCUT2D eigenvalue weighted by Crippen LogP contribution is -2.16. The van der Waals surface area contributed by atoms with E-state index >= 15 is 0 Å². The maximum atomic E-state index is 10.7. The van der Waals surface area contributed by atoms with Gasteiger partial charge >= 0.3 is 0 Å². The van der Waals surface area contributed by atoms with Crippen LogP contribution in [0.15, 0.2) is 30.3 Å². The van der Waals surface area contributed by atoms with Crippen LogP contribution in [0.3, 0.4) is 0 Å². The van der Waals surface area contributed by atoms with Crippen molar-refractivity contribution in [1.29, 1.82) is 0 Å². The number of non-ortho nitro benzene ring substituents is 1. The van der Waals surface area contributed by atoms with Crippen LogP contribution >= 0.6 is 0 Å². The first-order chi connectivity index (χ1) is 9.61. The molecule has 0 amide bonds. The van der Waals surface area contributed by atoms with Crippen molar-refractivity contribution in [3.05, 3.63) is 40.4 Å². The number of nitrogens with zero attached hydrogens (tertiary/aromatic N) is 2. The molecular weight excluding hydrogens is 254 g/mol. The molecule has 1 N–H and O–H groups in total. The molecule has 1 aliphatic rings. The van der Waals surface area contributed by atoms with Crippen molar-refractivity contribution in [2.75, 3.05) is 5.32 Å². The highest BCUT2D eigenvalue weighted by atomic mass is 16.6. The number of anilines is 1. The van der Waals surface area contributed by atoms with Crippen LogP contribution in [0.25, 0.3) is 10.9 Å². The Morgan fingerprint density at radius 1 is 1.30 bits per heavy atom. The van der Waals surface area contributed by atoms with E-state index in [9.17, 15) is 10.1 Å². The predicted octanol–water partition coefficient (Wildman–Crippen LogP) is 3.74. The lowest BCUT2D eigenvalue weighted by Gasteiger charge is -2.13. The molecule has 0 bridgehead atoms. The summed E-state index contributed by atoms with van der Waals surface area (Å²) in [5, 5.41) is 15.0. The molecule has 1 saturated carbocycles. The van der Waals surface area contributed by atoms with Gasteiger partial charge in [-0.3, -0.25) is 10.1 Å². The molecule has 5 nitrogen and oxygen atoms in total. The fourth-order valence-corrected chi connectivity index (χ4v) is 2.85. The number of benzene rings is 1. The van der Waals surface area contributed by atoms with Crippen LogP contribution in [0.5, 0.6) is 0 Å². The van der Waals surface area contributed by atoms with Gasteiger partial charge in [0.05, 0.1) is 10.4 Å². The molecule has 104 valence electrons. The average Bonchev–Trinajstić information content (AvgIpc) is 2.83. The van der Waals surface area contributed by atoms with Gasteiger partial charge in [0.2, 0.25) is 0 Å². The third-order valence-electron chi connectivity index (χ3n) is 3.93. The molecule has 0 saturated heterocycles. The summed E-state index contributed by atoms with van der Waals surface area (Å²) in [6.45, 7) is 2.27. The minimum atomic E-state index is -0.383. The van der Waals surface area contributed by atoms with Crippen LogP contribution in [-0.4, -0.2) is 15.9 Å². The zero-order valence-electron chi connectivity index (χ0n) is 11.4. The summed E-state index contributed by atoms with van der Waals surface area (Å²) in [6.07, 6.45) is 3.62. The number of nitrogens with one attached hydrogen (secondary N) is 1. The van der Waals surface area contributed by atoms with Gasteiger partial charge < -0.3 is 5.32 Å². The number of nitro groups is 1. The number of rotatable bonds is 3. The Bertz CT molecular complexity index is 657. The second-order valence-corrected chi connectivity index (χ2v) is 5.59. The van der Waals surface area contributed by atoms with E-state index in [4.69, 9.17) is 0 Å². The van der Waals surface area contributed by atoms with Gasteiger partial charge in [-0.2, -0.15) is 0 Å². The van der Waals surface area contributed by atoms with Crippen molar-refractivity contribution in [2.45, 2.75) is 32.2 Å². The maximum absolute atomic E-state index is 10.7. The van der Waals surface area contributed by atoms with Crippen LogP contribution < -0.4 is 5.32 Å². The van der Waals surface area contributed by atoms with Crippen LogP contribution in [0.2, 0.25) is 0 Å². The Labute approximate surface area is 117 Å². The van der Waals surface area contributed by atoms with Crippen LogP contribution in [-0.2, 0) is 0 Å². The van der Waals surface area contributed by atoms with Crippen molar-refractivity contribution in [3.8, 4) is 0 Å². The van der Waals surface area contributed by atoms with Crippen molar-refractivity contribution in [2.24, 2.45) is 5.92 Å². The van der Waals surface area contributed by atoms with Gasteiger partial charge in [0, 0.05) is 23.6 Å². The zero-order valence-corrected chi connectivity index (χ0v) is 11.4. The lowest BCUT2D eigenvalue weighted by molar-refractivity contribution is -0.384. The van der Waals surface area contributed by atoms with E-state index in [2.05, 4.69) is 17.2 Å². The zero-order chi connectivity index (χ0) is 14.1. The Morgan fingerprint density at radius 3 is 2.85 bits per heavy atom. The van der Waals surface area contributed by atoms with Crippen LogP contribution in [0.4, 0.5) is 11.5 Å². The quantitative estimate of drug-likeness (QED) is 0.682. The van der Waals surface area contributed by atoms with E-state index in [1.807, 2.05) is 12.1 Å². The van der Waals surface area contributed by atoms with E-state index in [0.29, 0.717) is 6.04 Å². The molecule has 5 heteroatoms. The monoisotopic (exact) mass is 271 g/mol. The topological polar surface area (TPSA) is 68.1 Å². The van der Waals surface area contributed by atoms with Gasteiger partial charge in [-0.25, -0.2) is 4.98 Å². The first-order valence-electron chi connectivity index (χ1n) is 6.93. The lowest BCUT2D eigenvalue weighted by atomic mass is 10.1. The Hall–Kier alpha value is -2.17. The second kappa shape index (κ2) is 5.07. The normalized spacial score (nSPS) is 22.1. The summed E-state index contributed by atoms with van der Waals surface area (Å²) in [7, 11) is 0. The van der Waals surface area contributed by atoms with E-state index in [1.54, 1.807) is 12.1 Å². The largest absolute Gasteiger partial charge is 0.367 e. The Balaban J connectivity index is 1.84. The SMILES string of the molecule is CC1CCC(Nc2ccc3cc([N+](=O)[O-])ccc3n2)C1. The molecule has 1 aliphatic carbocycles. The maximum Gasteiger partial charge on any atom is 0.270 e. The smallest absolute Gasteiger partial charge is 0.270 e. The molecule has 2 atom stereocenters. The van der Waals surface area contributed by atoms with Gasteiger partial charge in [0.15, 0.2) is 0 Å². The van der Waals surface area contributed by atoms with Crippen LogP contribution in [0.1, 0.15) is 26.2 Å². The van der Waals surface area contributed by atoms with Crippen molar-refractivity contribution >= 4 is 22.4 Å². The highest BCUT2D eigenvalue weighted by Crippen LogP contribution is 2.28. The molecule has 0 aliphatic heterocycles. The minimum absolute atomic E-state index is 0.102. The molecule has 1 fully saturated rings. The molecule has 2 unspecified atom stereocenters. The first-order valence-corrected chi connectivity index (χ1v) is 6.93. The number of nitro benzene ring substituents is 1. The molecular formula is C15H17N3O2. The number of fused-ring (bicyclic) bond motifs is 1. The van der Waals surface area contributed by atoms with Gasteiger partial charge in [-0.05, 0) is 43.4 Å². The van der Waals surface area contributed by atoms with E-state index < -0.39 is 0 Å². The summed E-state index contributed by atoms with van der Waals surface area (Å²) in [4.78, 5) is 14.9. The van der Waals surface area contributed by atoms with Gasteiger partial charge in [-0.1, -0.05) is 6.92 Å². The van der Waals surface area contributed by atoms with Gasteiger partial charge in [-0.15, -0.1) is 0 Å². The summed E-state index contributed by atoms with van der Waals surface area (Å²) >= 11 is 0. The molecule has 1 aromatic heterocycles. The van der Waals surface area contributed by atoms with Gasteiger partial charge in [0.25, 0.3) is 5.69 Å². The molecule has 1 aromatic carbocycles. The summed E-state index contributed by atoms with van der Waals surface area (Å²) in [5.74, 6) is 1.63.